The first-order valence-corrected chi connectivity index (χ1v) is 11.3. The molecule has 0 unspecified atom stereocenters. The summed E-state index contributed by atoms with van der Waals surface area (Å²) in [6, 6.07) is 13.3. The van der Waals surface area contributed by atoms with Gasteiger partial charge >= 0.3 is 12.2 Å². The first-order chi connectivity index (χ1) is 17.2. The Bertz CT molecular complexity index is 1230. The minimum atomic E-state index is -4.32. The normalized spacial score (nSPS) is 18.0. The van der Waals surface area contributed by atoms with Crippen LogP contribution in [0.15, 0.2) is 60.9 Å². The Kier molecular flexibility index (Phi) is 7.49. The van der Waals surface area contributed by atoms with Crippen molar-refractivity contribution in [1.29, 1.82) is 5.41 Å². The van der Waals surface area contributed by atoms with E-state index < -0.39 is 24.8 Å². The van der Waals surface area contributed by atoms with Gasteiger partial charge in [0.05, 0.1) is 24.5 Å². The third kappa shape index (κ3) is 6.57. The van der Waals surface area contributed by atoms with Gasteiger partial charge in [0.25, 0.3) is 0 Å². The molecule has 0 spiro atoms. The number of hydrogen-bond acceptors (Lipinski definition) is 6. The van der Waals surface area contributed by atoms with Crippen LogP contribution in [0.2, 0.25) is 0 Å². The number of nitrogens with zero attached hydrogens (tertiary/aromatic N) is 3. The number of anilines is 3. The summed E-state index contributed by atoms with van der Waals surface area (Å²) in [5.74, 6) is -0.0799. The molecule has 0 saturated carbocycles. The van der Waals surface area contributed by atoms with E-state index in [-0.39, 0.29) is 27.7 Å². The molecule has 2 aromatic heterocycles. The molecule has 1 saturated heterocycles. The highest BCUT2D eigenvalue weighted by molar-refractivity contribution is 5.92. The molecule has 1 aliphatic rings. The van der Waals surface area contributed by atoms with Gasteiger partial charge in [-0.1, -0.05) is 30.3 Å². The van der Waals surface area contributed by atoms with Crippen molar-refractivity contribution < 1.29 is 20.8 Å². The van der Waals surface area contributed by atoms with E-state index in [1.54, 1.807) is 18.3 Å². The number of hydrogen-bond donors (Lipinski definition) is 4. The molecule has 36 heavy (non-hydrogen) atoms. The molecular formula is C25H30F3N7O. The van der Waals surface area contributed by atoms with Crippen molar-refractivity contribution in [3.63, 3.8) is 0 Å². The van der Waals surface area contributed by atoms with Crippen molar-refractivity contribution in [1.82, 2.24) is 20.2 Å². The molecule has 0 aliphatic carbocycles. The number of rotatable bonds is 7. The molecule has 1 aliphatic heterocycles. The van der Waals surface area contributed by atoms with E-state index in [9.17, 15) is 18.0 Å². The summed E-state index contributed by atoms with van der Waals surface area (Å²) in [5.41, 5.74) is 3.54. The summed E-state index contributed by atoms with van der Waals surface area (Å²) < 4.78 is 39.0. The summed E-state index contributed by atoms with van der Waals surface area (Å²) in [7, 11) is 0. The number of carbonyl (C=O) groups is 1. The minimum Gasteiger partial charge on any atom is -0.354 e. The van der Waals surface area contributed by atoms with Gasteiger partial charge in [-0.15, -0.1) is 0 Å². The molecule has 11 heteroatoms. The standard InChI is InChI=1S/C25H26F3N7O.2H2/c1-16-9-19(7-8-30-16)32-21-12-31-23(10-18(21)11-29)34-24(36)33-22-14-35(15-25(26,27)28)13-20(22)17-5-3-2-4-6-17;;/h2-12,20,22,29H,13-15H2,1H3,(H,30,32)(H2,31,33,34,36);2*1H/t20-,22+;;/m1../s1. The molecule has 4 N–H and O–H groups in total. The predicted octanol–water partition coefficient (Wildman–Crippen LogP) is 5.17. The van der Waals surface area contributed by atoms with E-state index in [2.05, 4.69) is 25.9 Å². The molecule has 1 aromatic carbocycles. The lowest BCUT2D eigenvalue weighted by Gasteiger charge is -2.20. The molecule has 1 fully saturated rings. The van der Waals surface area contributed by atoms with E-state index >= 15 is 0 Å². The number of nitrogens with one attached hydrogen (secondary N) is 4. The van der Waals surface area contributed by atoms with Gasteiger partial charge in [0.1, 0.15) is 5.82 Å². The number of benzene rings is 1. The molecule has 8 nitrogen and oxygen atoms in total. The SMILES string of the molecule is Cc1cc(Nc2cnc(NC(=O)N[C@H]3CN(CC(F)(F)F)C[C@@H]3c3ccccc3)cc2C=N)ccn1.[HH].[HH]. The lowest BCUT2D eigenvalue weighted by molar-refractivity contribution is -0.143. The second-order valence-electron chi connectivity index (χ2n) is 8.64. The van der Waals surface area contributed by atoms with Crippen LogP contribution in [-0.4, -0.2) is 59.0 Å². The van der Waals surface area contributed by atoms with E-state index in [1.807, 2.05) is 43.3 Å². The van der Waals surface area contributed by atoms with Gasteiger partial charge in [-0.2, -0.15) is 13.2 Å². The molecule has 3 aromatic rings. The molecule has 192 valence electrons. The molecular weight excluding hydrogens is 471 g/mol. The van der Waals surface area contributed by atoms with Gasteiger partial charge < -0.3 is 16.0 Å². The van der Waals surface area contributed by atoms with Gasteiger partial charge in [-0.3, -0.25) is 15.2 Å². The molecule has 0 radical (unpaired) electrons. The van der Waals surface area contributed by atoms with Gasteiger partial charge in [-0.25, -0.2) is 9.78 Å². The highest BCUT2D eigenvalue weighted by Gasteiger charge is 2.40. The highest BCUT2D eigenvalue weighted by atomic mass is 19.4. The third-order valence-corrected chi connectivity index (χ3v) is 5.85. The van der Waals surface area contributed by atoms with Crippen molar-refractivity contribution in [3.8, 4) is 0 Å². The number of alkyl halides is 3. The Labute approximate surface area is 209 Å². The fraction of sp³-hybridized carbons (Fsp3) is 0.280. The van der Waals surface area contributed by atoms with Gasteiger partial charge in [-0.05, 0) is 30.7 Å². The smallest absolute Gasteiger partial charge is 0.354 e. The topological polar surface area (TPSA) is 106 Å². The largest absolute Gasteiger partial charge is 0.401 e. The lowest BCUT2D eigenvalue weighted by atomic mass is 9.94. The lowest BCUT2D eigenvalue weighted by Crippen LogP contribution is -2.43. The maximum atomic E-state index is 13.0. The van der Waals surface area contributed by atoms with Crippen LogP contribution in [0, 0.1) is 12.3 Å². The van der Waals surface area contributed by atoms with E-state index in [0.717, 1.165) is 23.2 Å². The maximum absolute atomic E-state index is 13.0. The summed E-state index contributed by atoms with van der Waals surface area (Å²) in [6.07, 6.45) is -0.0229. The Hall–Kier alpha value is -3.99. The number of aryl methyl sites for hydroxylation is 1. The molecule has 2 amide bonds. The van der Waals surface area contributed by atoms with Crippen LogP contribution in [0.3, 0.4) is 0 Å². The average Bonchev–Trinajstić information content (AvgIpc) is 3.20. The van der Waals surface area contributed by atoms with Crippen LogP contribution in [0.4, 0.5) is 35.2 Å². The fourth-order valence-electron chi connectivity index (χ4n) is 4.31. The monoisotopic (exact) mass is 501 g/mol. The fourth-order valence-corrected chi connectivity index (χ4v) is 4.31. The zero-order valence-corrected chi connectivity index (χ0v) is 19.5. The number of halogens is 3. The summed E-state index contributed by atoms with van der Waals surface area (Å²) in [4.78, 5) is 22.5. The molecule has 2 atom stereocenters. The molecule has 3 heterocycles. The van der Waals surface area contributed by atoms with E-state index in [1.165, 1.54) is 11.1 Å². The van der Waals surface area contributed by atoms with E-state index in [4.69, 9.17) is 5.41 Å². The number of carbonyl (C=O) groups excluding carboxylic acids is 1. The molecule has 4 rings (SSSR count). The maximum Gasteiger partial charge on any atom is 0.401 e. The first-order valence-electron chi connectivity index (χ1n) is 11.3. The van der Waals surface area contributed by atoms with Crippen LogP contribution >= 0.6 is 0 Å². The quantitative estimate of drug-likeness (QED) is 0.334. The number of pyridine rings is 2. The van der Waals surface area contributed by atoms with Crippen molar-refractivity contribution in [2.24, 2.45) is 0 Å². The summed E-state index contributed by atoms with van der Waals surface area (Å²) >= 11 is 0. The van der Waals surface area contributed by atoms with Crippen molar-refractivity contribution in [3.05, 3.63) is 77.7 Å². The minimum absolute atomic E-state index is 0. The Morgan fingerprint density at radius 2 is 1.97 bits per heavy atom. The van der Waals surface area contributed by atoms with Crippen LogP contribution in [-0.2, 0) is 0 Å². The Balaban J connectivity index is 0.00000253. The van der Waals surface area contributed by atoms with Crippen molar-refractivity contribution >= 4 is 29.4 Å². The summed E-state index contributed by atoms with van der Waals surface area (Å²) in [5, 5.41) is 16.4. The Morgan fingerprint density at radius 1 is 1.19 bits per heavy atom. The molecule has 0 bridgehead atoms. The van der Waals surface area contributed by atoms with Crippen LogP contribution < -0.4 is 16.0 Å². The zero-order chi connectivity index (χ0) is 25.7. The van der Waals surface area contributed by atoms with Gasteiger partial charge in [0, 0.05) is 51.2 Å². The van der Waals surface area contributed by atoms with Gasteiger partial charge in [0.2, 0.25) is 0 Å². The highest BCUT2D eigenvalue weighted by Crippen LogP contribution is 2.30. The third-order valence-electron chi connectivity index (χ3n) is 5.85. The van der Waals surface area contributed by atoms with E-state index in [0.29, 0.717) is 11.3 Å². The zero-order valence-electron chi connectivity index (χ0n) is 19.5. The second kappa shape index (κ2) is 10.7. The van der Waals surface area contributed by atoms with Gasteiger partial charge in [0.15, 0.2) is 0 Å². The summed E-state index contributed by atoms with van der Waals surface area (Å²) in [6.45, 7) is 1.08. The van der Waals surface area contributed by atoms with Crippen LogP contribution in [0.25, 0.3) is 0 Å². The second-order valence-corrected chi connectivity index (χ2v) is 8.64. The number of likely N-dealkylation sites (tertiary alicyclic amines) is 1. The van der Waals surface area contributed by atoms with Crippen molar-refractivity contribution in [2.75, 3.05) is 30.3 Å². The van der Waals surface area contributed by atoms with Crippen LogP contribution in [0.5, 0.6) is 0 Å². The number of amides is 2. The number of urea groups is 1. The van der Waals surface area contributed by atoms with Crippen LogP contribution in [0.1, 0.15) is 25.6 Å². The average molecular weight is 502 g/mol. The first kappa shape index (κ1) is 25.1. The van der Waals surface area contributed by atoms with Crippen molar-refractivity contribution in [2.45, 2.75) is 25.1 Å². The predicted molar refractivity (Wildman–Crippen MR) is 136 cm³/mol. The Morgan fingerprint density at radius 3 is 2.67 bits per heavy atom. The number of aromatic nitrogens is 2.